The fraction of sp³-hybridized carbons (Fsp3) is 0.800. The van der Waals surface area contributed by atoms with Crippen molar-refractivity contribution in [2.45, 2.75) is 19.8 Å². The van der Waals surface area contributed by atoms with Crippen LogP contribution >= 0.6 is 12.2 Å². The molecule has 0 saturated carbocycles. The molecular weight excluding hydrogens is 210 g/mol. The van der Waals surface area contributed by atoms with Crippen LogP contribution in [0.3, 0.4) is 0 Å². The standard InChI is InChI=1S/C10H21N3OS/c1-4-5-8(9(11)15)10(14)12-6-7-13(2)3/h8H,4-7H2,1-3H3,(H2,11,15)(H,12,14). The van der Waals surface area contributed by atoms with Gasteiger partial charge in [-0.05, 0) is 20.5 Å². The van der Waals surface area contributed by atoms with Gasteiger partial charge in [-0.15, -0.1) is 0 Å². The second-order valence-corrected chi connectivity index (χ2v) is 4.31. The summed E-state index contributed by atoms with van der Waals surface area (Å²) in [5.74, 6) is -0.363. The molecule has 0 spiro atoms. The maximum Gasteiger partial charge on any atom is 0.229 e. The van der Waals surface area contributed by atoms with Crippen LogP contribution < -0.4 is 11.1 Å². The molecule has 4 nitrogen and oxygen atoms in total. The summed E-state index contributed by atoms with van der Waals surface area (Å²) in [6.07, 6.45) is 1.63. The highest BCUT2D eigenvalue weighted by atomic mass is 32.1. The third-order valence-corrected chi connectivity index (χ3v) is 2.38. The normalized spacial score (nSPS) is 12.5. The van der Waals surface area contributed by atoms with Crippen molar-refractivity contribution < 1.29 is 4.79 Å². The van der Waals surface area contributed by atoms with Crippen LogP contribution in [0.4, 0.5) is 0 Å². The summed E-state index contributed by atoms with van der Waals surface area (Å²) in [7, 11) is 3.92. The molecule has 0 saturated heterocycles. The Morgan fingerprint density at radius 3 is 2.53 bits per heavy atom. The number of nitrogens with two attached hydrogens (primary N) is 1. The Hall–Kier alpha value is -0.680. The zero-order valence-electron chi connectivity index (χ0n) is 9.75. The van der Waals surface area contributed by atoms with Gasteiger partial charge in [0.15, 0.2) is 0 Å². The first-order valence-electron chi connectivity index (χ1n) is 5.20. The van der Waals surface area contributed by atoms with Crippen molar-refractivity contribution in [2.75, 3.05) is 27.2 Å². The molecule has 0 aliphatic carbocycles. The molecule has 1 unspecified atom stereocenters. The summed E-state index contributed by atoms with van der Waals surface area (Å²) in [6.45, 7) is 3.47. The quantitative estimate of drug-likeness (QED) is 0.621. The molecule has 0 radical (unpaired) electrons. The lowest BCUT2D eigenvalue weighted by molar-refractivity contribution is -0.123. The molecule has 0 heterocycles. The van der Waals surface area contributed by atoms with Crippen LogP contribution in [0.5, 0.6) is 0 Å². The topological polar surface area (TPSA) is 58.4 Å². The number of carbonyl (C=O) groups is 1. The van der Waals surface area contributed by atoms with Gasteiger partial charge in [-0.25, -0.2) is 0 Å². The highest BCUT2D eigenvalue weighted by molar-refractivity contribution is 7.80. The van der Waals surface area contributed by atoms with Crippen molar-refractivity contribution in [3.8, 4) is 0 Å². The highest BCUT2D eigenvalue weighted by Gasteiger charge is 2.19. The number of nitrogens with one attached hydrogen (secondary N) is 1. The van der Waals surface area contributed by atoms with Gasteiger partial charge in [-0.2, -0.15) is 0 Å². The van der Waals surface area contributed by atoms with E-state index in [4.69, 9.17) is 18.0 Å². The molecule has 0 rings (SSSR count). The Labute approximate surface area is 97.2 Å². The second kappa shape index (κ2) is 7.59. The van der Waals surface area contributed by atoms with E-state index in [-0.39, 0.29) is 11.8 Å². The molecule has 0 aliphatic heterocycles. The Bertz CT molecular complexity index is 219. The number of thiocarbonyl (C=S) groups is 1. The van der Waals surface area contributed by atoms with Crippen LogP contribution in [0.25, 0.3) is 0 Å². The van der Waals surface area contributed by atoms with E-state index in [2.05, 4.69) is 5.32 Å². The first kappa shape index (κ1) is 14.3. The van der Waals surface area contributed by atoms with Crippen LogP contribution in [-0.2, 0) is 4.79 Å². The predicted octanol–water partition coefficient (Wildman–Crippen LogP) is 0.367. The Morgan fingerprint density at radius 1 is 1.53 bits per heavy atom. The van der Waals surface area contributed by atoms with E-state index >= 15 is 0 Å². The fourth-order valence-electron chi connectivity index (χ4n) is 1.22. The van der Waals surface area contributed by atoms with Crippen LogP contribution in [0.2, 0.25) is 0 Å². The van der Waals surface area contributed by atoms with Crippen molar-refractivity contribution in [1.29, 1.82) is 0 Å². The number of carbonyl (C=O) groups excluding carboxylic acids is 1. The molecule has 1 amide bonds. The van der Waals surface area contributed by atoms with Crippen molar-refractivity contribution in [1.82, 2.24) is 10.2 Å². The number of hydrogen-bond donors (Lipinski definition) is 2. The van der Waals surface area contributed by atoms with Gasteiger partial charge >= 0.3 is 0 Å². The first-order valence-corrected chi connectivity index (χ1v) is 5.61. The number of rotatable bonds is 7. The number of hydrogen-bond acceptors (Lipinski definition) is 3. The monoisotopic (exact) mass is 231 g/mol. The zero-order valence-corrected chi connectivity index (χ0v) is 10.6. The molecule has 88 valence electrons. The van der Waals surface area contributed by atoms with E-state index < -0.39 is 0 Å². The number of nitrogens with zero attached hydrogens (tertiary/aromatic N) is 1. The minimum Gasteiger partial charge on any atom is -0.393 e. The minimum atomic E-state index is -0.313. The molecule has 0 bridgehead atoms. The smallest absolute Gasteiger partial charge is 0.229 e. The first-order chi connectivity index (χ1) is 6.99. The number of likely N-dealkylation sites (N-methyl/N-ethyl adjacent to an activating group) is 1. The Morgan fingerprint density at radius 2 is 2.13 bits per heavy atom. The molecule has 5 heteroatoms. The van der Waals surface area contributed by atoms with Crippen molar-refractivity contribution in [2.24, 2.45) is 11.7 Å². The summed E-state index contributed by atoms with van der Waals surface area (Å²) in [5.41, 5.74) is 5.52. The molecule has 0 aromatic heterocycles. The van der Waals surface area contributed by atoms with Crippen LogP contribution in [0, 0.1) is 5.92 Å². The average molecular weight is 231 g/mol. The molecule has 3 N–H and O–H groups in total. The van der Waals surface area contributed by atoms with Crippen molar-refractivity contribution >= 4 is 23.1 Å². The molecule has 15 heavy (non-hydrogen) atoms. The average Bonchev–Trinajstić information content (AvgIpc) is 2.12. The van der Waals surface area contributed by atoms with E-state index in [0.29, 0.717) is 11.5 Å². The number of amides is 1. The molecule has 0 fully saturated rings. The molecular formula is C10H21N3OS. The van der Waals surface area contributed by atoms with Gasteiger partial charge in [0.25, 0.3) is 0 Å². The van der Waals surface area contributed by atoms with Gasteiger partial charge < -0.3 is 16.0 Å². The summed E-state index contributed by atoms with van der Waals surface area (Å²) >= 11 is 4.87. The third kappa shape index (κ3) is 6.41. The molecule has 0 aromatic carbocycles. The maximum absolute atomic E-state index is 11.7. The van der Waals surface area contributed by atoms with E-state index in [1.165, 1.54) is 0 Å². The van der Waals surface area contributed by atoms with Crippen LogP contribution in [-0.4, -0.2) is 43.0 Å². The Balaban J connectivity index is 3.98. The summed E-state index contributed by atoms with van der Waals surface area (Å²) in [6, 6.07) is 0. The SMILES string of the molecule is CCCC(C(=O)NCCN(C)C)C(N)=S. The lowest BCUT2D eigenvalue weighted by atomic mass is 10.0. The summed E-state index contributed by atoms with van der Waals surface area (Å²) < 4.78 is 0. The van der Waals surface area contributed by atoms with Gasteiger partial charge in [0, 0.05) is 13.1 Å². The van der Waals surface area contributed by atoms with Crippen LogP contribution in [0.15, 0.2) is 0 Å². The minimum absolute atomic E-state index is 0.0498. The fourth-order valence-corrected chi connectivity index (χ4v) is 1.44. The van der Waals surface area contributed by atoms with E-state index in [1.54, 1.807) is 0 Å². The van der Waals surface area contributed by atoms with Gasteiger partial charge in [0.05, 0.1) is 10.9 Å². The largest absolute Gasteiger partial charge is 0.393 e. The van der Waals surface area contributed by atoms with Gasteiger partial charge in [0.1, 0.15) is 0 Å². The lowest BCUT2D eigenvalue weighted by Crippen LogP contribution is -2.40. The van der Waals surface area contributed by atoms with E-state index in [1.807, 2.05) is 25.9 Å². The Kier molecular flexibility index (Phi) is 7.25. The lowest BCUT2D eigenvalue weighted by Gasteiger charge is -2.16. The van der Waals surface area contributed by atoms with Gasteiger partial charge in [-0.1, -0.05) is 25.6 Å². The third-order valence-electron chi connectivity index (χ3n) is 2.10. The molecule has 0 aromatic rings. The van der Waals surface area contributed by atoms with Crippen LogP contribution in [0.1, 0.15) is 19.8 Å². The van der Waals surface area contributed by atoms with Gasteiger partial charge in [-0.3, -0.25) is 4.79 Å². The van der Waals surface area contributed by atoms with Crippen molar-refractivity contribution in [3.05, 3.63) is 0 Å². The van der Waals surface area contributed by atoms with E-state index in [0.717, 1.165) is 19.4 Å². The van der Waals surface area contributed by atoms with E-state index in [9.17, 15) is 4.79 Å². The maximum atomic E-state index is 11.7. The van der Waals surface area contributed by atoms with Gasteiger partial charge in [0.2, 0.25) is 5.91 Å². The van der Waals surface area contributed by atoms with Crippen molar-refractivity contribution in [3.63, 3.8) is 0 Å². The summed E-state index contributed by atoms with van der Waals surface area (Å²) in [4.78, 5) is 14.0. The molecule has 0 aliphatic rings. The molecule has 1 atom stereocenters. The predicted molar refractivity (Wildman–Crippen MR) is 66.7 cm³/mol. The highest BCUT2D eigenvalue weighted by Crippen LogP contribution is 2.06. The second-order valence-electron chi connectivity index (χ2n) is 3.84. The summed E-state index contributed by atoms with van der Waals surface area (Å²) in [5, 5.41) is 2.83. The zero-order chi connectivity index (χ0) is 11.8.